The Morgan fingerprint density at radius 3 is 2.88 bits per heavy atom. The van der Waals surface area contributed by atoms with Gasteiger partial charge in [-0.2, -0.15) is 4.98 Å². The quantitative estimate of drug-likeness (QED) is 0.697. The van der Waals surface area contributed by atoms with E-state index in [1.165, 1.54) is 0 Å². The summed E-state index contributed by atoms with van der Waals surface area (Å²) in [5.74, 6) is 1.49. The summed E-state index contributed by atoms with van der Waals surface area (Å²) >= 11 is 6.22. The van der Waals surface area contributed by atoms with Gasteiger partial charge in [-0.1, -0.05) is 35.0 Å². The summed E-state index contributed by atoms with van der Waals surface area (Å²) in [6, 6.07) is 14.7. The third-order valence-electron chi connectivity index (χ3n) is 4.39. The average molecular weight is 370 g/mol. The van der Waals surface area contributed by atoms with E-state index in [1.807, 2.05) is 42.5 Å². The van der Waals surface area contributed by atoms with Crippen LogP contribution in [0.5, 0.6) is 5.75 Å². The van der Waals surface area contributed by atoms with Crippen LogP contribution in [0, 0.1) is 0 Å². The minimum absolute atomic E-state index is 0.00386. The van der Waals surface area contributed by atoms with Gasteiger partial charge in [0.15, 0.2) is 5.82 Å². The number of hydrogen-bond acceptors (Lipinski definition) is 5. The molecule has 0 bridgehead atoms. The Balaban J connectivity index is 1.57. The molecule has 0 saturated carbocycles. The summed E-state index contributed by atoms with van der Waals surface area (Å²) in [4.78, 5) is 18.6. The highest BCUT2D eigenvalue weighted by molar-refractivity contribution is 6.33. The minimum atomic E-state index is -0.137. The molecule has 2 aromatic carbocycles. The van der Waals surface area contributed by atoms with Gasteiger partial charge < -0.3 is 14.2 Å². The van der Waals surface area contributed by atoms with E-state index in [0.29, 0.717) is 41.1 Å². The first-order valence-electron chi connectivity index (χ1n) is 8.18. The number of hydrogen-bond donors (Lipinski definition) is 0. The van der Waals surface area contributed by atoms with Crippen molar-refractivity contribution < 1.29 is 14.1 Å². The maximum atomic E-state index is 12.4. The molecule has 1 amide bonds. The molecule has 1 fully saturated rings. The fourth-order valence-corrected chi connectivity index (χ4v) is 3.30. The van der Waals surface area contributed by atoms with E-state index in [0.717, 1.165) is 5.56 Å². The number of ether oxygens (including phenoxy) is 1. The third-order valence-corrected chi connectivity index (χ3v) is 4.71. The highest BCUT2D eigenvalue weighted by atomic mass is 35.5. The number of carbonyl (C=O) groups is 1. The van der Waals surface area contributed by atoms with Crippen molar-refractivity contribution in [1.82, 2.24) is 10.1 Å². The summed E-state index contributed by atoms with van der Waals surface area (Å²) in [5.41, 5.74) is 1.48. The number of halogens is 1. The lowest BCUT2D eigenvalue weighted by Gasteiger charge is -2.17. The first kappa shape index (κ1) is 16.6. The van der Waals surface area contributed by atoms with Crippen molar-refractivity contribution >= 4 is 23.2 Å². The Hall–Kier alpha value is -2.86. The van der Waals surface area contributed by atoms with Crippen LogP contribution >= 0.6 is 11.6 Å². The second kappa shape index (κ2) is 6.80. The minimum Gasteiger partial charge on any atom is -0.497 e. The van der Waals surface area contributed by atoms with Gasteiger partial charge in [-0.3, -0.25) is 4.79 Å². The molecule has 1 aromatic heterocycles. The van der Waals surface area contributed by atoms with Crippen LogP contribution in [0.2, 0.25) is 5.02 Å². The highest BCUT2D eigenvalue weighted by Gasteiger charge is 2.35. The molecule has 1 atom stereocenters. The Labute approximate surface area is 155 Å². The van der Waals surface area contributed by atoms with Crippen molar-refractivity contribution in [2.45, 2.75) is 12.3 Å². The molecule has 26 heavy (non-hydrogen) atoms. The van der Waals surface area contributed by atoms with Crippen molar-refractivity contribution in [2.75, 3.05) is 18.6 Å². The molecule has 1 aliphatic rings. The number of methoxy groups -OCH3 is 1. The van der Waals surface area contributed by atoms with Crippen LogP contribution in [0.25, 0.3) is 11.5 Å². The monoisotopic (exact) mass is 369 g/mol. The molecule has 0 aliphatic carbocycles. The highest BCUT2D eigenvalue weighted by Crippen LogP contribution is 2.35. The number of rotatable bonds is 4. The Kier molecular flexibility index (Phi) is 4.34. The molecular weight excluding hydrogens is 354 g/mol. The van der Waals surface area contributed by atoms with E-state index in [2.05, 4.69) is 10.1 Å². The van der Waals surface area contributed by atoms with E-state index in [9.17, 15) is 4.79 Å². The summed E-state index contributed by atoms with van der Waals surface area (Å²) in [6.07, 6.45) is 0.322. The predicted molar refractivity (Wildman–Crippen MR) is 97.4 cm³/mol. The van der Waals surface area contributed by atoms with E-state index in [-0.39, 0.29) is 11.8 Å². The van der Waals surface area contributed by atoms with Crippen LogP contribution in [-0.4, -0.2) is 29.7 Å². The van der Waals surface area contributed by atoms with Crippen LogP contribution in [0.15, 0.2) is 53.1 Å². The number of amides is 1. The largest absolute Gasteiger partial charge is 0.497 e. The number of carbonyl (C=O) groups excluding carboxylic acids is 1. The molecule has 1 saturated heterocycles. The first-order valence-corrected chi connectivity index (χ1v) is 8.56. The molecule has 2 heterocycles. The zero-order valence-electron chi connectivity index (χ0n) is 14.1. The fourth-order valence-electron chi connectivity index (χ4n) is 3.06. The standard InChI is InChI=1S/C19H16ClN3O3/c1-25-14-6-4-5-12(9-14)19-21-18(22-26-19)13-10-17(24)23(11-13)16-8-3-2-7-15(16)20/h2-9,13H,10-11H2,1H3. The lowest BCUT2D eigenvalue weighted by atomic mass is 10.1. The molecule has 0 spiro atoms. The van der Waals surface area contributed by atoms with Crippen LogP contribution in [0.4, 0.5) is 5.69 Å². The van der Waals surface area contributed by atoms with Crippen molar-refractivity contribution in [3.63, 3.8) is 0 Å². The molecule has 3 aromatic rings. The molecule has 132 valence electrons. The molecule has 0 N–H and O–H groups in total. The number of aromatic nitrogens is 2. The zero-order valence-corrected chi connectivity index (χ0v) is 14.8. The summed E-state index contributed by atoms with van der Waals surface area (Å²) < 4.78 is 10.6. The molecular formula is C19H16ClN3O3. The Bertz CT molecular complexity index is 956. The lowest BCUT2D eigenvalue weighted by molar-refractivity contribution is -0.117. The van der Waals surface area contributed by atoms with Gasteiger partial charge in [0.05, 0.1) is 17.8 Å². The molecule has 7 heteroatoms. The first-order chi connectivity index (χ1) is 12.7. The lowest BCUT2D eigenvalue weighted by Crippen LogP contribution is -2.24. The maximum absolute atomic E-state index is 12.4. The second-order valence-corrected chi connectivity index (χ2v) is 6.45. The fraction of sp³-hybridized carbons (Fsp3) is 0.211. The smallest absolute Gasteiger partial charge is 0.258 e. The molecule has 0 radical (unpaired) electrons. The number of benzene rings is 2. The summed E-state index contributed by atoms with van der Waals surface area (Å²) in [7, 11) is 1.60. The normalized spacial score (nSPS) is 16.9. The molecule has 1 unspecified atom stereocenters. The topological polar surface area (TPSA) is 68.5 Å². The van der Waals surface area contributed by atoms with Crippen molar-refractivity contribution in [3.8, 4) is 17.2 Å². The van der Waals surface area contributed by atoms with Gasteiger partial charge in [-0.25, -0.2) is 0 Å². The Morgan fingerprint density at radius 1 is 1.23 bits per heavy atom. The third kappa shape index (κ3) is 3.04. The Morgan fingerprint density at radius 2 is 2.08 bits per heavy atom. The van der Waals surface area contributed by atoms with Gasteiger partial charge in [0.1, 0.15) is 5.75 Å². The van der Waals surface area contributed by atoms with Gasteiger partial charge in [-0.05, 0) is 30.3 Å². The predicted octanol–water partition coefficient (Wildman–Crippen LogP) is 3.92. The van der Waals surface area contributed by atoms with Crippen LogP contribution in [-0.2, 0) is 4.79 Å². The van der Waals surface area contributed by atoms with Crippen LogP contribution in [0.3, 0.4) is 0 Å². The van der Waals surface area contributed by atoms with Crippen molar-refractivity contribution in [2.24, 2.45) is 0 Å². The van der Waals surface area contributed by atoms with Crippen molar-refractivity contribution in [1.29, 1.82) is 0 Å². The molecule has 1 aliphatic heterocycles. The number of nitrogens with zero attached hydrogens (tertiary/aromatic N) is 3. The van der Waals surface area contributed by atoms with Crippen LogP contribution in [0.1, 0.15) is 18.2 Å². The van der Waals surface area contributed by atoms with E-state index in [1.54, 1.807) is 18.1 Å². The SMILES string of the molecule is COc1cccc(-c2nc(C3CC(=O)N(c4ccccc4Cl)C3)no2)c1. The molecule has 4 rings (SSSR count). The van der Waals surface area contributed by atoms with Gasteiger partial charge in [0.25, 0.3) is 5.89 Å². The summed E-state index contributed by atoms with van der Waals surface area (Å²) in [5, 5.41) is 4.62. The average Bonchev–Trinajstić information content (AvgIpc) is 3.29. The molecule has 6 nitrogen and oxygen atoms in total. The van der Waals surface area contributed by atoms with E-state index >= 15 is 0 Å². The maximum Gasteiger partial charge on any atom is 0.258 e. The van der Waals surface area contributed by atoms with Gasteiger partial charge >= 0.3 is 0 Å². The zero-order chi connectivity index (χ0) is 18.1. The van der Waals surface area contributed by atoms with Crippen molar-refractivity contribution in [3.05, 3.63) is 59.4 Å². The van der Waals surface area contributed by atoms with Gasteiger partial charge in [0, 0.05) is 24.4 Å². The number of para-hydroxylation sites is 1. The van der Waals surface area contributed by atoms with Crippen LogP contribution < -0.4 is 9.64 Å². The second-order valence-electron chi connectivity index (χ2n) is 6.05. The van der Waals surface area contributed by atoms with E-state index in [4.69, 9.17) is 20.9 Å². The van der Waals surface area contributed by atoms with Gasteiger partial charge in [0.2, 0.25) is 5.91 Å². The number of anilines is 1. The van der Waals surface area contributed by atoms with Gasteiger partial charge in [-0.15, -0.1) is 0 Å². The summed E-state index contributed by atoms with van der Waals surface area (Å²) in [6.45, 7) is 0.472. The van der Waals surface area contributed by atoms with E-state index < -0.39 is 0 Å².